The molecular weight excluding hydrogens is 238 g/mol. The number of nitrogens with one attached hydrogen (secondary N) is 1. The second kappa shape index (κ2) is 5.08. The molecule has 5 heteroatoms. The van der Waals surface area contributed by atoms with Gasteiger partial charge in [-0.15, -0.1) is 11.6 Å². The summed E-state index contributed by atoms with van der Waals surface area (Å²) in [6, 6.07) is 0.378. The predicted molar refractivity (Wildman–Crippen MR) is 69.7 cm³/mol. The fourth-order valence-corrected chi connectivity index (χ4v) is 1.69. The van der Waals surface area contributed by atoms with Crippen molar-refractivity contribution in [2.45, 2.75) is 38.1 Å². The van der Waals surface area contributed by atoms with E-state index in [1.807, 2.05) is 0 Å². The van der Waals surface area contributed by atoms with Crippen molar-refractivity contribution in [1.82, 2.24) is 9.55 Å². The molecule has 1 fully saturated rings. The zero-order valence-corrected chi connectivity index (χ0v) is 10.9. The van der Waals surface area contributed by atoms with Crippen LogP contribution in [0.3, 0.4) is 0 Å². The average Bonchev–Trinajstić information content (AvgIpc) is 3.11. The van der Waals surface area contributed by atoms with Crippen molar-refractivity contribution in [3.63, 3.8) is 0 Å². The van der Waals surface area contributed by atoms with Gasteiger partial charge in [0.15, 0.2) is 5.82 Å². The first-order valence-corrected chi connectivity index (χ1v) is 6.48. The van der Waals surface area contributed by atoms with Gasteiger partial charge >= 0.3 is 0 Å². The van der Waals surface area contributed by atoms with Crippen LogP contribution in [0.5, 0.6) is 0 Å². The fourth-order valence-electron chi connectivity index (χ4n) is 1.62. The molecule has 0 radical (unpaired) electrons. The van der Waals surface area contributed by atoms with Crippen LogP contribution in [-0.2, 0) is 0 Å². The lowest BCUT2D eigenvalue weighted by atomic mass is 10.1. The van der Waals surface area contributed by atoms with E-state index in [2.05, 4.69) is 24.1 Å². The Morgan fingerprint density at radius 1 is 1.59 bits per heavy atom. The Hall–Kier alpha value is -1.03. The van der Waals surface area contributed by atoms with Gasteiger partial charge in [-0.3, -0.25) is 4.79 Å². The fraction of sp³-hybridized carbons (Fsp3) is 0.667. The highest BCUT2D eigenvalue weighted by molar-refractivity contribution is 6.21. The summed E-state index contributed by atoms with van der Waals surface area (Å²) in [5, 5.41) is 3.05. The normalized spacial score (nSPS) is 17.2. The number of rotatable bonds is 5. The Labute approximate surface area is 106 Å². The molecule has 1 atom stereocenters. The van der Waals surface area contributed by atoms with Gasteiger partial charge in [0.25, 0.3) is 5.56 Å². The lowest BCUT2D eigenvalue weighted by Crippen LogP contribution is -2.27. The minimum atomic E-state index is -0.0392. The Kier molecular flexibility index (Phi) is 3.72. The molecule has 1 aliphatic rings. The highest BCUT2D eigenvalue weighted by Gasteiger charge is 2.25. The number of hydrogen-bond acceptors (Lipinski definition) is 3. The van der Waals surface area contributed by atoms with Crippen molar-refractivity contribution < 1.29 is 0 Å². The standard InChI is InChI=1S/C12H18ClN3O/c1-8(2)10(13)7-15-11-12(17)16(6-5-14-11)9-3-4-9/h5-6,8-10H,3-4,7H2,1-2H3,(H,14,15). The van der Waals surface area contributed by atoms with Crippen LogP contribution >= 0.6 is 11.6 Å². The molecule has 0 spiro atoms. The van der Waals surface area contributed by atoms with Crippen LogP contribution in [0.2, 0.25) is 0 Å². The van der Waals surface area contributed by atoms with Crippen molar-refractivity contribution in [1.29, 1.82) is 0 Å². The molecule has 1 saturated carbocycles. The second-order valence-corrected chi connectivity index (χ2v) is 5.42. The van der Waals surface area contributed by atoms with E-state index >= 15 is 0 Å². The molecule has 0 bridgehead atoms. The van der Waals surface area contributed by atoms with E-state index in [1.165, 1.54) is 0 Å². The largest absolute Gasteiger partial charge is 0.364 e. The van der Waals surface area contributed by atoms with Gasteiger partial charge in [0.1, 0.15) is 0 Å². The summed E-state index contributed by atoms with van der Waals surface area (Å²) in [7, 11) is 0. The van der Waals surface area contributed by atoms with E-state index in [9.17, 15) is 4.79 Å². The SMILES string of the molecule is CC(C)C(Cl)CNc1nccn(C2CC2)c1=O. The summed E-state index contributed by atoms with van der Waals surface area (Å²) in [6.45, 7) is 4.68. The summed E-state index contributed by atoms with van der Waals surface area (Å²) in [6.07, 6.45) is 5.60. The highest BCUT2D eigenvalue weighted by atomic mass is 35.5. The van der Waals surface area contributed by atoms with Gasteiger partial charge < -0.3 is 9.88 Å². The lowest BCUT2D eigenvalue weighted by molar-refractivity contribution is 0.614. The molecule has 1 aromatic rings. The maximum atomic E-state index is 12.0. The molecule has 1 aliphatic carbocycles. The van der Waals surface area contributed by atoms with E-state index in [1.54, 1.807) is 17.0 Å². The first-order chi connectivity index (χ1) is 8.09. The first-order valence-electron chi connectivity index (χ1n) is 6.04. The van der Waals surface area contributed by atoms with Crippen LogP contribution < -0.4 is 10.9 Å². The monoisotopic (exact) mass is 255 g/mol. The van der Waals surface area contributed by atoms with Crippen molar-refractivity contribution in [3.05, 3.63) is 22.7 Å². The molecule has 2 rings (SSSR count). The molecule has 1 aromatic heterocycles. The summed E-state index contributed by atoms with van der Waals surface area (Å²) < 4.78 is 1.76. The third-order valence-corrected chi connectivity index (χ3v) is 3.65. The number of anilines is 1. The number of aromatic nitrogens is 2. The Balaban J connectivity index is 2.06. The molecular formula is C12H18ClN3O. The molecule has 94 valence electrons. The van der Waals surface area contributed by atoms with Gasteiger partial charge in [-0.1, -0.05) is 13.8 Å². The minimum absolute atomic E-state index is 0.00535. The third-order valence-electron chi connectivity index (χ3n) is 3.00. The maximum absolute atomic E-state index is 12.0. The van der Waals surface area contributed by atoms with E-state index < -0.39 is 0 Å². The van der Waals surface area contributed by atoms with Crippen LogP contribution in [0.15, 0.2) is 17.2 Å². The van der Waals surface area contributed by atoms with Crippen LogP contribution in [-0.4, -0.2) is 21.5 Å². The molecule has 0 aliphatic heterocycles. The minimum Gasteiger partial charge on any atom is -0.364 e. The predicted octanol–water partition coefficient (Wildman–Crippen LogP) is 2.25. The van der Waals surface area contributed by atoms with Gasteiger partial charge in [0.05, 0.1) is 5.38 Å². The van der Waals surface area contributed by atoms with Crippen LogP contribution in [0.25, 0.3) is 0 Å². The zero-order chi connectivity index (χ0) is 12.4. The summed E-state index contributed by atoms with van der Waals surface area (Å²) in [4.78, 5) is 16.1. The number of hydrogen-bond donors (Lipinski definition) is 1. The van der Waals surface area contributed by atoms with Crippen molar-refractivity contribution in [2.75, 3.05) is 11.9 Å². The van der Waals surface area contributed by atoms with E-state index in [-0.39, 0.29) is 10.9 Å². The van der Waals surface area contributed by atoms with Crippen molar-refractivity contribution >= 4 is 17.4 Å². The zero-order valence-electron chi connectivity index (χ0n) is 10.2. The summed E-state index contributed by atoms with van der Waals surface area (Å²) in [5.41, 5.74) is -0.0392. The molecule has 1 unspecified atom stereocenters. The van der Waals surface area contributed by atoms with Gasteiger partial charge in [0, 0.05) is 25.0 Å². The van der Waals surface area contributed by atoms with E-state index in [0.717, 1.165) is 12.8 Å². The summed E-state index contributed by atoms with van der Waals surface area (Å²) in [5.74, 6) is 0.782. The highest BCUT2D eigenvalue weighted by Crippen LogP contribution is 2.33. The van der Waals surface area contributed by atoms with Crippen molar-refractivity contribution in [2.24, 2.45) is 5.92 Å². The molecule has 0 amide bonds. The van der Waals surface area contributed by atoms with Gasteiger partial charge in [-0.2, -0.15) is 0 Å². The molecule has 0 saturated heterocycles. The second-order valence-electron chi connectivity index (χ2n) is 4.86. The quantitative estimate of drug-likeness (QED) is 0.821. The average molecular weight is 256 g/mol. The molecule has 1 N–H and O–H groups in total. The molecule has 4 nitrogen and oxygen atoms in total. The van der Waals surface area contributed by atoms with E-state index in [0.29, 0.717) is 24.3 Å². The van der Waals surface area contributed by atoms with Crippen LogP contribution in [0, 0.1) is 5.92 Å². The summed E-state index contributed by atoms with van der Waals surface area (Å²) >= 11 is 6.13. The maximum Gasteiger partial charge on any atom is 0.293 e. The Bertz CT molecular complexity index is 440. The Morgan fingerprint density at radius 2 is 2.29 bits per heavy atom. The molecule has 0 aromatic carbocycles. The number of nitrogens with zero attached hydrogens (tertiary/aromatic N) is 2. The number of alkyl halides is 1. The lowest BCUT2D eigenvalue weighted by Gasteiger charge is -2.14. The van der Waals surface area contributed by atoms with Crippen LogP contribution in [0.1, 0.15) is 32.7 Å². The first kappa shape index (κ1) is 12.4. The molecule has 17 heavy (non-hydrogen) atoms. The third kappa shape index (κ3) is 3.00. The van der Waals surface area contributed by atoms with Gasteiger partial charge in [-0.25, -0.2) is 4.98 Å². The Morgan fingerprint density at radius 3 is 2.88 bits per heavy atom. The van der Waals surface area contributed by atoms with Gasteiger partial charge in [0.2, 0.25) is 0 Å². The number of halogens is 1. The van der Waals surface area contributed by atoms with Crippen LogP contribution in [0.4, 0.5) is 5.82 Å². The molecule has 1 heterocycles. The smallest absolute Gasteiger partial charge is 0.293 e. The van der Waals surface area contributed by atoms with Gasteiger partial charge in [-0.05, 0) is 18.8 Å². The van der Waals surface area contributed by atoms with E-state index in [4.69, 9.17) is 11.6 Å². The van der Waals surface area contributed by atoms with Crippen molar-refractivity contribution in [3.8, 4) is 0 Å². The topological polar surface area (TPSA) is 46.9 Å².